The van der Waals surface area contributed by atoms with Gasteiger partial charge in [-0.3, -0.25) is 9.69 Å². The zero-order chi connectivity index (χ0) is 20.9. The number of piperidine rings is 1. The van der Waals surface area contributed by atoms with Crippen molar-refractivity contribution in [1.29, 1.82) is 0 Å². The van der Waals surface area contributed by atoms with Crippen LogP contribution < -0.4 is 10.1 Å². The lowest BCUT2D eigenvalue weighted by Gasteiger charge is -2.33. The Balaban J connectivity index is 1.43. The molecule has 1 saturated heterocycles. The van der Waals surface area contributed by atoms with E-state index in [2.05, 4.69) is 15.4 Å². The van der Waals surface area contributed by atoms with Crippen molar-refractivity contribution < 1.29 is 18.5 Å². The van der Waals surface area contributed by atoms with Crippen LogP contribution in [0.3, 0.4) is 0 Å². The molecule has 158 valence electrons. The van der Waals surface area contributed by atoms with Crippen LogP contribution in [0.15, 0.2) is 51.4 Å². The Morgan fingerprint density at radius 1 is 1.17 bits per heavy atom. The molecule has 3 heterocycles. The number of amides is 1. The van der Waals surface area contributed by atoms with E-state index in [1.54, 1.807) is 13.2 Å². The predicted molar refractivity (Wildman–Crippen MR) is 112 cm³/mol. The third-order valence-electron chi connectivity index (χ3n) is 5.49. The van der Waals surface area contributed by atoms with E-state index in [9.17, 15) is 4.79 Å². The zero-order valence-corrected chi connectivity index (χ0v) is 17.4. The summed E-state index contributed by atoms with van der Waals surface area (Å²) in [7, 11) is 1.62. The molecule has 1 fully saturated rings. The molecule has 3 aromatic rings. The van der Waals surface area contributed by atoms with Crippen molar-refractivity contribution in [3.8, 4) is 17.1 Å². The first-order valence-corrected chi connectivity index (χ1v) is 10.3. The number of aryl methyl sites for hydroxylation is 1. The quantitative estimate of drug-likeness (QED) is 0.630. The van der Waals surface area contributed by atoms with Crippen molar-refractivity contribution in [2.75, 3.05) is 26.7 Å². The Labute approximate surface area is 176 Å². The highest BCUT2D eigenvalue weighted by Crippen LogP contribution is 2.26. The van der Waals surface area contributed by atoms with Crippen LogP contribution in [0.5, 0.6) is 5.75 Å². The maximum Gasteiger partial charge on any atom is 0.273 e. The Bertz CT molecular complexity index is 971. The van der Waals surface area contributed by atoms with Crippen LogP contribution in [0.1, 0.15) is 47.3 Å². The van der Waals surface area contributed by atoms with Crippen molar-refractivity contribution in [2.45, 2.75) is 32.2 Å². The SMILES string of the molecule is COc1ccc(-c2cc(C(=O)NCC(c3ccc(C)o3)N3CCCCC3)no2)cc1. The summed E-state index contributed by atoms with van der Waals surface area (Å²) >= 11 is 0. The van der Waals surface area contributed by atoms with Crippen molar-refractivity contribution >= 4 is 5.91 Å². The maximum absolute atomic E-state index is 12.7. The molecule has 4 rings (SSSR count). The Morgan fingerprint density at radius 3 is 2.60 bits per heavy atom. The number of likely N-dealkylation sites (tertiary alicyclic amines) is 1. The summed E-state index contributed by atoms with van der Waals surface area (Å²) < 4.78 is 16.4. The molecule has 7 nitrogen and oxygen atoms in total. The number of ether oxygens (including phenoxy) is 1. The van der Waals surface area contributed by atoms with Gasteiger partial charge in [-0.05, 0) is 69.3 Å². The van der Waals surface area contributed by atoms with Gasteiger partial charge in [0, 0.05) is 18.2 Å². The second-order valence-electron chi connectivity index (χ2n) is 7.58. The molecule has 1 atom stereocenters. The van der Waals surface area contributed by atoms with Gasteiger partial charge in [0.05, 0.1) is 13.2 Å². The third kappa shape index (κ3) is 4.57. The van der Waals surface area contributed by atoms with E-state index >= 15 is 0 Å². The summed E-state index contributed by atoms with van der Waals surface area (Å²) in [4.78, 5) is 15.1. The van der Waals surface area contributed by atoms with E-state index in [1.165, 1.54) is 19.3 Å². The molecule has 1 unspecified atom stereocenters. The largest absolute Gasteiger partial charge is 0.497 e. The molecule has 0 aliphatic carbocycles. The molecule has 1 aliphatic rings. The van der Waals surface area contributed by atoms with Crippen LogP contribution in [0.2, 0.25) is 0 Å². The molecule has 0 spiro atoms. The predicted octanol–water partition coefficient (Wildman–Crippen LogP) is 4.21. The Kier molecular flexibility index (Phi) is 6.18. The van der Waals surface area contributed by atoms with Gasteiger partial charge in [0.25, 0.3) is 5.91 Å². The molecule has 1 aromatic carbocycles. The molecule has 1 aliphatic heterocycles. The first kappa shape index (κ1) is 20.2. The lowest BCUT2D eigenvalue weighted by atomic mass is 10.1. The number of rotatable bonds is 7. The third-order valence-corrected chi connectivity index (χ3v) is 5.49. The minimum atomic E-state index is -0.260. The molecule has 0 bridgehead atoms. The van der Waals surface area contributed by atoms with Crippen LogP contribution in [0, 0.1) is 6.92 Å². The smallest absolute Gasteiger partial charge is 0.273 e. The van der Waals surface area contributed by atoms with Gasteiger partial charge in [-0.15, -0.1) is 0 Å². The van der Waals surface area contributed by atoms with E-state index in [1.807, 2.05) is 43.3 Å². The summed E-state index contributed by atoms with van der Waals surface area (Å²) in [5.41, 5.74) is 1.09. The van der Waals surface area contributed by atoms with E-state index in [0.29, 0.717) is 12.3 Å². The molecule has 0 saturated carbocycles. The molecular weight excluding hydrogens is 382 g/mol. The number of methoxy groups -OCH3 is 1. The number of furan rings is 1. The average Bonchev–Trinajstić information content (AvgIpc) is 3.44. The van der Waals surface area contributed by atoms with Gasteiger partial charge < -0.3 is 19.0 Å². The number of nitrogens with one attached hydrogen (secondary N) is 1. The van der Waals surface area contributed by atoms with E-state index in [4.69, 9.17) is 13.7 Å². The average molecular weight is 409 g/mol. The van der Waals surface area contributed by atoms with Gasteiger partial charge in [-0.2, -0.15) is 0 Å². The summed E-state index contributed by atoms with van der Waals surface area (Å²) in [6.45, 7) is 4.40. The Hall–Kier alpha value is -3.06. The van der Waals surface area contributed by atoms with E-state index in [0.717, 1.165) is 35.9 Å². The lowest BCUT2D eigenvalue weighted by Crippen LogP contribution is -2.40. The van der Waals surface area contributed by atoms with E-state index < -0.39 is 0 Å². The fourth-order valence-corrected chi connectivity index (χ4v) is 3.83. The number of hydrogen-bond donors (Lipinski definition) is 1. The monoisotopic (exact) mass is 409 g/mol. The fourth-order valence-electron chi connectivity index (χ4n) is 3.83. The fraction of sp³-hybridized carbons (Fsp3) is 0.391. The Morgan fingerprint density at radius 2 is 1.93 bits per heavy atom. The summed E-state index contributed by atoms with van der Waals surface area (Å²) in [5.74, 6) is 2.79. The van der Waals surface area contributed by atoms with Crippen molar-refractivity contribution in [3.63, 3.8) is 0 Å². The van der Waals surface area contributed by atoms with Crippen LogP contribution in [0.4, 0.5) is 0 Å². The standard InChI is InChI=1S/C23H27N3O4/c1-16-6-11-21(29-16)20(26-12-4-3-5-13-26)15-24-23(27)19-14-22(30-25-19)17-7-9-18(28-2)10-8-17/h6-11,14,20H,3-5,12-13,15H2,1-2H3,(H,24,27). The van der Waals surface area contributed by atoms with Crippen LogP contribution in [0.25, 0.3) is 11.3 Å². The topological polar surface area (TPSA) is 80.7 Å². The number of aromatic nitrogens is 1. The van der Waals surface area contributed by atoms with Crippen LogP contribution >= 0.6 is 0 Å². The number of nitrogens with zero attached hydrogens (tertiary/aromatic N) is 2. The van der Waals surface area contributed by atoms with Crippen LogP contribution in [-0.2, 0) is 0 Å². The second kappa shape index (κ2) is 9.17. The highest BCUT2D eigenvalue weighted by Gasteiger charge is 2.26. The highest BCUT2D eigenvalue weighted by atomic mass is 16.5. The molecule has 0 radical (unpaired) electrons. The minimum Gasteiger partial charge on any atom is -0.497 e. The second-order valence-corrected chi connectivity index (χ2v) is 7.58. The first-order valence-electron chi connectivity index (χ1n) is 10.3. The van der Waals surface area contributed by atoms with Crippen LogP contribution in [-0.4, -0.2) is 42.7 Å². The summed E-state index contributed by atoms with van der Waals surface area (Å²) in [6, 6.07) is 13.0. The van der Waals surface area contributed by atoms with E-state index in [-0.39, 0.29) is 17.6 Å². The molecule has 30 heavy (non-hydrogen) atoms. The zero-order valence-electron chi connectivity index (χ0n) is 17.4. The summed E-state index contributed by atoms with van der Waals surface area (Å²) in [5, 5.41) is 6.95. The number of carbonyl (C=O) groups is 1. The maximum atomic E-state index is 12.7. The lowest BCUT2D eigenvalue weighted by molar-refractivity contribution is 0.0905. The molecule has 1 N–H and O–H groups in total. The van der Waals surface area contributed by atoms with Gasteiger partial charge in [-0.25, -0.2) is 0 Å². The molecular formula is C23H27N3O4. The molecule has 2 aromatic heterocycles. The molecule has 1 amide bonds. The highest BCUT2D eigenvalue weighted by molar-refractivity contribution is 5.93. The first-order chi connectivity index (χ1) is 14.6. The normalized spacial score (nSPS) is 15.7. The number of benzene rings is 1. The van der Waals surface area contributed by atoms with Gasteiger partial charge in [0.1, 0.15) is 17.3 Å². The van der Waals surface area contributed by atoms with Gasteiger partial charge in [0.2, 0.25) is 0 Å². The molecule has 7 heteroatoms. The number of hydrogen-bond acceptors (Lipinski definition) is 6. The van der Waals surface area contributed by atoms with Gasteiger partial charge in [0.15, 0.2) is 11.5 Å². The minimum absolute atomic E-state index is 0.0101. The van der Waals surface area contributed by atoms with Gasteiger partial charge in [-0.1, -0.05) is 11.6 Å². The number of carbonyl (C=O) groups excluding carboxylic acids is 1. The van der Waals surface area contributed by atoms with Gasteiger partial charge >= 0.3 is 0 Å². The van der Waals surface area contributed by atoms with Crippen molar-refractivity contribution in [3.05, 3.63) is 59.7 Å². The van der Waals surface area contributed by atoms with Crippen molar-refractivity contribution in [1.82, 2.24) is 15.4 Å². The summed E-state index contributed by atoms with van der Waals surface area (Å²) in [6.07, 6.45) is 3.58. The van der Waals surface area contributed by atoms with Crippen molar-refractivity contribution in [2.24, 2.45) is 0 Å².